The molecular weight excluding hydrogens is 262 g/mol. The highest BCUT2D eigenvalue weighted by molar-refractivity contribution is 7.81. The zero-order chi connectivity index (χ0) is 15.4. The lowest BCUT2D eigenvalue weighted by Crippen LogP contribution is -2.32. The Labute approximate surface area is 130 Å². The zero-order valence-corrected chi connectivity index (χ0v) is 14.5. The SMILES string of the molecule is C=C(C)C1=CNC(C)C(S)CC(CC)C(C)=C1C(=C)C. The molecule has 0 saturated carbocycles. The summed E-state index contributed by atoms with van der Waals surface area (Å²) in [5.41, 5.74) is 6.07. The molecule has 3 unspecified atom stereocenters. The summed E-state index contributed by atoms with van der Waals surface area (Å²) in [4.78, 5) is 0. The van der Waals surface area contributed by atoms with Crippen LogP contribution in [-0.2, 0) is 0 Å². The lowest BCUT2D eigenvalue weighted by molar-refractivity contribution is 0.480. The van der Waals surface area contributed by atoms with Crippen LogP contribution in [0.2, 0.25) is 0 Å². The highest BCUT2D eigenvalue weighted by Gasteiger charge is 2.24. The van der Waals surface area contributed by atoms with Crippen molar-refractivity contribution in [2.24, 2.45) is 5.92 Å². The average molecular weight is 292 g/mol. The van der Waals surface area contributed by atoms with Gasteiger partial charge in [0.05, 0.1) is 0 Å². The van der Waals surface area contributed by atoms with Crippen LogP contribution < -0.4 is 5.32 Å². The van der Waals surface area contributed by atoms with E-state index in [-0.39, 0.29) is 0 Å². The van der Waals surface area contributed by atoms with Crippen LogP contribution in [0.5, 0.6) is 0 Å². The number of nitrogens with one attached hydrogen (secondary N) is 1. The van der Waals surface area contributed by atoms with E-state index in [4.69, 9.17) is 12.6 Å². The Bertz CT molecular complexity index is 456. The summed E-state index contributed by atoms with van der Waals surface area (Å²) >= 11 is 4.78. The van der Waals surface area contributed by atoms with Crippen LogP contribution in [0, 0.1) is 5.92 Å². The minimum absolute atomic E-state index is 0.346. The molecule has 0 aromatic carbocycles. The molecule has 1 aliphatic heterocycles. The first-order chi connectivity index (χ1) is 9.29. The molecule has 1 aliphatic rings. The molecule has 3 atom stereocenters. The number of hydrogen-bond donors (Lipinski definition) is 2. The van der Waals surface area contributed by atoms with Gasteiger partial charge < -0.3 is 5.32 Å². The molecule has 2 heteroatoms. The molecule has 0 saturated heterocycles. The van der Waals surface area contributed by atoms with Crippen molar-refractivity contribution in [3.8, 4) is 0 Å². The van der Waals surface area contributed by atoms with Crippen LogP contribution in [-0.4, -0.2) is 11.3 Å². The van der Waals surface area contributed by atoms with E-state index in [2.05, 4.69) is 59.3 Å². The van der Waals surface area contributed by atoms with Crippen molar-refractivity contribution in [1.82, 2.24) is 5.32 Å². The van der Waals surface area contributed by atoms with Gasteiger partial charge in [0.1, 0.15) is 0 Å². The van der Waals surface area contributed by atoms with E-state index in [1.807, 2.05) is 0 Å². The van der Waals surface area contributed by atoms with Gasteiger partial charge in [-0.25, -0.2) is 0 Å². The molecule has 0 amide bonds. The number of allylic oxidation sites excluding steroid dienone is 5. The summed E-state index contributed by atoms with van der Waals surface area (Å²) in [5.74, 6) is 0.550. The molecule has 0 aromatic rings. The van der Waals surface area contributed by atoms with Crippen LogP contribution in [0.3, 0.4) is 0 Å². The van der Waals surface area contributed by atoms with Crippen LogP contribution in [0.15, 0.2) is 47.2 Å². The van der Waals surface area contributed by atoms with Crippen molar-refractivity contribution in [2.75, 3.05) is 0 Å². The normalized spacial score (nSPS) is 27.9. The van der Waals surface area contributed by atoms with Crippen molar-refractivity contribution in [3.05, 3.63) is 47.2 Å². The molecule has 1 heterocycles. The summed E-state index contributed by atoms with van der Waals surface area (Å²) in [7, 11) is 0. The Hall–Kier alpha value is -0.890. The Morgan fingerprint density at radius 3 is 2.40 bits per heavy atom. The molecule has 112 valence electrons. The highest BCUT2D eigenvalue weighted by Crippen LogP contribution is 2.35. The van der Waals surface area contributed by atoms with E-state index < -0.39 is 0 Å². The maximum absolute atomic E-state index is 4.78. The van der Waals surface area contributed by atoms with Gasteiger partial charge in [0.2, 0.25) is 0 Å². The maximum Gasteiger partial charge on any atom is 0.0344 e. The second-order valence-electron chi connectivity index (χ2n) is 6.04. The fourth-order valence-corrected chi connectivity index (χ4v) is 3.20. The lowest BCUT2D eigenvalue weighted by atomic mass is 9.83. The Kier molecular flexibility index (Phi) is 6.19. The summed E-state index contributed by atoms with van der Waals surface area (Å²) in [6.45, 7) is 19.2. The van der Waals surface area contributed by atoms with Gasteiger partial charge in [0, 0.05) is 17.5 Å². The monoisotopic (exact) mass is 291 g/mol. The molecule has 0 spiro atoms. The van der Waals surface area contributed by atoms with Gasteiger partial charge in [-0.05, 0) is 63.2 Å². The average Bonchev–Trinajstić information content (AvgIpc) is 2.41. The molecule has 0 radical (unpaired) electrons. The van der Waals surface area contributed by atoms with Crippen molar-refractivity contribution in [2.45, 2.75) is 58.8 Å². The quantitative estimate of drug-likeness (QED) is 0.694. The topological polar surface area (TPSA) is 12.0 Å². The van der Waals surface area contributed by atoms with Gasteiger partial charge >= 0.3 is 0 Å². The third kappa shape index (κ3) is 3.82. The molecule has 1 N–H and O–H groups in total. The predicted octanol–water partition coefficient (Wildman–Crippen LogP) is 5.05. The number of rotatable bonds is 3. The first-order valence-electron chi connectivity index (χ1n) is 7.46. The van der Waals surface area contributed by atoms with Gasteiger partial charge in [-0.2, -0.15) is 12.6 Å². The second kappa shape index (κ2) is 7.21. The predicted molar refractivity (Wildman–Crippen MR) is 94.2 cm³/mol. The maximum atomic E-state index is 4.78. The molecule has 0 aromatic heterocycles. The summed E-state index contributed by atoms with van der Waals surface area (Å²) in [6.07, 6.45) is 4.32. The summed E-state index contributed by atoms with van der Waals surface area (Å²) in [6, 6.07) is 0.346. The van der Waals surface area contributed by atoms with Crippen molar-refractivity contribution in [3.63, 3.8) is 0 Å². The fraction of sp³-hybridized carbons (Fsp3) is 0.556. The van der Waals surface area contributed by atoms with E-state index in [9.17, 15) is 0 Å². The summed E-state index contributed by atoms with van der Waals surface area (Å²) < 4.78 is 0. The minimum atomic E-state index is 0.346. The Morgan fingerprint density at radius 1 is 1.35 bits per heavy atom. The Morgan fingerprint density at radius 2 is 1.95 bits per heavy atom. The van der Waals surface area contributed by atoms with E-state index in [1.54, 1.807) is 0 Å². The van der Waals surface area contributed by atoms with Crippen molar-refractivity contribution >= 4 is 12.6 Å². The molecule has 1 nitrogen and oxygen atoms in total. The zero-order valence-electron chi connectivity index (χ0n) is 13.6. The van der Waals surface area contributed by atoms with E-state index >= 15 is 0 Å². The molecule has 0 aliphatic carbocycles. The third-order valence-corrected chi connectivity index (χ3v) is 4.91. The molecular formula is C18H29NS. The first-order valence-corrected chi connectivity index (χ1v) is 7.98. The van der Waals surface area contributed by atoms with Crippen molar-refractivity contribution in [1.29, 1.82) is 0 Å². The van der Waals surface area contributed by atoms with E-state index in [0.717, 1.165) is 24.0 Å². The van der Waals surface area contributed by atoms with Gasteiger partial charge in [0.15, 0.2) is 0 Å². The third-order valence-electron chi connectivity index (χ3n) is 4.25. The number of hydrogen-bond acceptors (Lipinski definition) is 2. The molecule has 20 heavy (non-hydrogen) atoms. The van der Waals surface area contributed by atoms with Gasteiger partial charge in [-0.15, -0.1) is 0 Å². The minimum Gasteiger partial charge on any atom is -0.387 e. The molecule has 0 fully saturated rings. The molecule has 0 bridgehead atoms. The van der Waals surface area contributed by atoms with E-state index in [1.165, 1.54) is 16.7 Å². The highest BCUT2D eigenvalue weighted by atomic mass is 32.1. The van der Waals surface area contributed by atoms with Crippen LogP contribution >= 0.6 is 12.6 Å². The van der Waals surface area contributed by atoms with E-state index in [0.29, 0.717) is 17.2 Å². The van der Waals surface area contributed by atoms with Crippen LogP contribution in [0.4, 0.5) is 0 Å². The standard InChI is InChI=1S/C18H29NS/c1-8-15-9-17(20)14(7)19-10-16(11(2)3)18(12(4)5)13(15)6/h10,14-15,17,19-20H,2,4,8-9H2,1,3,5-7H3. The van der Waals surface area contributed by atoms with Crippen LogP contribution in [0.25, 0.3) is 0 Å². The largest absolute Gasteiger partial charge is 0.387 e. The Balaban J connectivity index is 3.44. The second-order valence-corrected chi connectivity index (χ2v) is 6.70. The fourth-order valence-electron chi connectivity index (χ4n) is 2.86. The number of thiol groups is 1. The first kappa shape index (κ1) is 17.2. The summed E-state index contributed by atoms with van der Waals surface area (Å²) in [5, 5.41) is 3.83. The van der Waals surface area contributed by atoms with Gasteiger partial charge in [0.25, 0.3) is 0 Å². The molecule has 1 rings (SSSR count). The van der Waals surface area contributed by atoms with Gasteiger partial charge in [-0.1, -0.05) is 31.2 Å². The lowest BCUT2D eigenvalue weighted by Gasteiger charge is -2.25. The smallest absolute Gasteiger partial charge is 0.0344 e. The van der Waals surface area contributed by atoms with Gasteiger partial charge in [-0.3, -0.25) is 0 Å². The van der Waals surface area contributed by atoms with Crippen LogP contribution in [0.1, 0.15) is 47.5 Å². The van der Waals surface area contributed by atoms with Crippen molar-refractivity contribution < 1.29 is 0 Å².